The molecule has 2 heterocycles. The molecule has 0 fully saturated rings. The number of hydrogen-bond acceptors (Lipinski definition) is 5. The molecular weight excluding hydrogens is 322 g/mol. The number of carbonyl (C=O) groups is 1. The molecule has 3 aromatic rings. The summed E-state index contributed by atoms with van der Waals surface area (Å²) < 4.78 is 9.90. The number of amides is 1. The van der Waals surface area contributed by atoms with Crippen LogP contribution in [0.4, 0.5) is 0 Å². The Morgan fingerprint density at radius 2 is 2.12 bits per heavy atom. The number of fused-ring (bicyclic) bond motifs is 1. The number of rotatable bonds is 6. The third kappa shape index (κ3) is 3.06. The van der Waals surface area contributed by atoms with E-state index in [-0.39, 0.29) is 11.9 Å². The number of carbonyl (C=O) groups excluding carboxylic acids is 1. The van der Waals surface area contributed by atoms with Gasteiger partial charge in [0.05, 0.1) is 11.7 Å². The Bertz CT molecular complexity index is 807. The summed E-state index contributed by atoms with van der Waals surface area (Å²) >= 11 is 1.17. The maximum absolute atomic E-state index is 13.0. The van der Waals surface area contributed by atoms with Gasteiger partial charge in [0.1, 0.15) is 16.2 Å². The van der Waals surface area contributed by atoms with Crippen molar-refractivity contribution in [2.75, 3.05) is 6.54 Å². The van der Waals surface area contributed by atoms with Crippen molar-refractivity contribution in [1.82, 2.24) is 14.5 Å². The molecule has 1 aromatic carbocycles. The van der Waals surface area contributed by atoms with Crippen molar-refractivity contribution in [3.05, 3.63) is 46.7 Å². The minimum absolute atomic E-state index is 0.0170. The van der Waals surface area contributed by atoms with Gasteiger partial charge in [0, 0.05) is 11.9 Å². The van der Waals surface area contributed by atoms with Crippen LogP contribution in [-0.2, 0) is 6.42 Å². The molecule has 24 heavy (non-hydrogen) atoms. The average molecular weight is 343 g/mol. The highest BCUT2D eigenvalue weighted by molar-refractivity contribution is 7.08. The van der Waals surface area contributed by atoms with E-state index < -0.39 is 0 Å². The molecule has 0 radical (unpaired) electrons. The molecule has 0 spiro atoms. The van der Waals surface area contributed by atoms with Gasteiger partial charge in [0.15, 0.2) is 0 Å². The fourth-order valence-electron chi connectivity index (χ4n) is 2.81. The summed E-state index contributed by atoms with van der Waals surface area (Å²) in [4.78, 5) is 15.5. The molecule has 0 N–H and O–H groups in total. The van der Waals surface area contributed by atoms with E-state index in [4.69, 9.17) is 4.42 Å². The van der Waals surface area contributed by atoms with E-state index in [1.165, 1.54) is 11.5 Å². The predicted octanol–water partition coefficient (Wildman–Crippen LogP) is 4.46. The highest BCUT2D eigenvalue weighted by Gasteiger charge is 2.27. The molecule has 1 atom stereocenters. The Hall–Kier alpha value is -2.21. The van der Waals surface area contributed by atoms with E-state index in [2.05, 4.69) is 16.5 Å². The Morgan fingerprint density at radius 3 is 2.83 bits per heavy atom. The first kappa shape index (κ1) is 16.6. The van der Waals surface area contributed by atoms with Gasteiger partial charge in [-0.05, 0) is 43.4 Å². The van der Waals surface area contributed by atoms with Crippen molar-refractivity contribution in [1.29, 1.82) is 0 Å². The first-order chi connectivity index (χ1) is 11.7. The van der Waals surface area contributed by atoms with E-state index in [9.17, 15) is 4.79 Å². The highest BCUT2D eigenvalue weighted by atomic mass is 32.1. The molecule has 1 amide bonds. The summed E-state index contributed by atoms with van der Waals surface area (Å²) in [6.45, 7) is 6.72. The monoisotopic (exact) mass is 343 g/mol. The second kappa shape index (κ2) is 7.13. The maximum atomic E-state index is 13.0. The zero-order valence-electron chi connectivity index (χ0n) is 14.2. The smallest absolute Gasteiger partial charge is 0.268 e. The molecule has 0 aliphatic heterocycles. The molecule has 126 valence electrons. The third-order valence-corrected chi connectivity index (χ3v) is 4.89. The summed E-state index contributed by atoms with van der Waals surface area (Å²) in [6.07, 6.45) is 1.58. The molecule has 5 nitrogen and oxygen atoms in total. The van der Waals surface area contributed by atoms with Gasteiger partial charge in [-0.3, -0.25) is 4.79 Å². The molecule has 3 rings (SSSR count). The molecule has 2 aromatic heterocycles. The van der Waals surface area contributed by atoms with Crippen molar-refractivity contribution in [2.24, 2.45) is 0 Å². The van der Waals surface area contributed by atoms with Gasteiger partial charge in [-0.1, -0.05) is 36.5 Å². The average Bonchev–Trinajstić information content (AvgIpc) is 3.24. The van der Waals surface area contributed by atoms with Gasteiger partial charge in [-0.15, -0.1) is 5.10 Å². The second-order valence-electron chi connectivity index (χ2n) is 5.76. The van der Waals surface area contributed by atoms with Crippen LogP contribution in [-0.4, -0.2) is 26.9 Å². The number of hydrogen-bond donors (Lipinski definition) is 0. The van der Waals surface area contributed by atoms with Crippen LogP contribution in [0.15, 0.2) is 34.7 Å². The third-order valence-electron chi connectivity index (χ3n) is 4.13. The number of para-hydroxylation sites is 1. The lowest BCUT2D eigenvalue weighted by atomic mass is 10.1. The van der Waals surface area contributed by atoms with Crippen LogP contribution in [0, 0.1) is 0 Å². The minimum Gasteiger partial charge on any atom is -0.459 e. The number of nitrogens with zero attached hydrogens (tertiary/aromatic N) is 3. The van der Waals surface area contributed by atoms with E-state index in [1.54, 1.807) is 0 Å². The molecular formula is C18H21N3O2S. The Balaban J connectivity index is 1.93. The molecule has 6 heteroatoms. The van der Waals surface area contributed by atoms with Gasteiger partial charge in [-0.25, -0.2) is 0 Å². The zero-order chi connectivity index (χ0) is 17.1. The van der Waals surface area contributed by atoms with Gasteiger partial charge in [0.25, 0.3) is 5.91 Å². The summed E-state index contributed by atoms with van der Waals surface area (Å²) in [5.74, 6) is 0.783. The van der Waals surface area contributed by atoms with Crippen LogP contribution in [0.1, 0.15) is 54.4 Å². The van der Waals surface area contributed by atoms with Crippen LogP contribution in [0.5, 0.6) is 0 Å². The van der Waals surface area contributed by atoms with Crippen molar-refractivity contribution in [3.63, 3.8) is 0 Å². The van der Waals surface area contributed by atoms with E-state index in [0.29, 0.717) is 17.8 Å². The van der Waals surface area contributed by atoms with E-state index in [1.807, 2.05) is 49.1 Å². The van der Waals surface area contributed by atoms with E-state index in [0.717, 1.165) is 28.8 Å². The standard InChI is InChI=1S/C18H21N3O2S/c1-4-10-21(18(22)17-14(5-2)19-20-24-17)12(3)16-11-13-8-6-7-9-15(13)23-16/h6-9,11-12H,4-5,10H2,1-3H3. The van der Waals surface area contributed by atoms with Crippen molar-refractivity contribution < 1.29 is 9.21 Å². The van der Waals surface area contributed by atoms with Crippen LogP contribution in [0.25, 0.3) is 11.0 Å². The molecule has 0 saturated heterocycles. The Kier molecular flexibility index (Phi) is 4.94. The highest BCUT2D eigenvalue weighted by Crippen LogP contribution is 2.29. The fraction of sp³-hybridized carbons (Fsp3) is 0.389. The number of benzene rings is 1. The number of aryl methyl sites for hydroxylation is 1. The molecule has 0 bridgehead atoms. The quantitative estimate of drug-likeness (QED) is 0.663. The lowest BCUT2D eigenvalue weighted by Crippen LogP contribution is -2.34. The zero-order valence-corrected chi connectivity index (χ0v) is 15.0. The topological polar surface area (TPSA) is 59.2 Å². The molecule has 0 saturated carbocycles. The van der Waals surface area contributed by atoms with Crippen LogP contribution < -0.4 is 0 Å². The summed E-state index contributed by atoms with van der Waals surface area (Å²) in [7, 11) is 0. The predicted molar refractivity (Wildman–Crippen MR) is 95.2 cm³/mol. The lowest BCUT2D eigenvalue weighted by Gasteiger charge is -2.27. The van der Waals surface area contributed by atoms with Crippen LogP contribution in [0.2, 0.25) is 0 Å². The van der Waals surface area contributed by atoms with Gasteiger partial charge in [-0.2, -0.15) is 0 Å². The number of aromatic nitrogens is 2. The van der Waals surface area contributed by atoms with Gasteiger partial charge < -0.3 is 9.32 Å². The lowest BCUT2D eigenvalue weighted by molar-refractivity contribution is 0.0676. The Labute approximate surface area is 145 Å². The molecule has 0 aliphatic rings. The summed E-state index contributed by atoms with van der Waals surface area (Å²) in [5, 5.41) is 5.12. The summed E-state index contributed by atoms with van der Waals surface area (Å²) in [5.41, 5.74) is 1.61. The maximum Gasteiger partial charge on any atom is 0.268 e. The minimum atomic E-state index is -0.142. The second-order valence-corrected chi connectivity index (χ2v) is 6.52. The van der Waals surface area contributed by atoms with Crippen molar-refractivity contribution in [2.45, 2.75) is 39.7 Å². The van der Waals surface area contributed by atoms with Gasteiger partial charge >= 0.3 is 0 Å². The van der Waals surface area contributed by atoms with Crippen LogP contribution >= 0.6 is 11.5 Å². The normalized spacial score (nSPS) is 12.5. The van der Waals surface area contributed by atoms with Crippen LogP contribution in [0.3, 0.4) is 0 Å². The Morgan fingerprint density at radius 1 is 1.33 bits per heavy atom. The summed E-state index contributed by atoms with van der Waals surface area (Å²) in [6, 6.07) is 9.77. The number of furan rings is 1. The van der Waals surface area contributed by atoms with Crippen molar-refractivity contribution in [3.8, 4) is 0 Å². The van der Waals surface area contributed by atoms with Crippen molar-refractivity contribution >= 4 is 28.4 Å². The SMILES string of the molecule is CCCN(C(=O)c1snnc1CC)C(C)c1cc2ccccc2o1. The first-order valence-corrected chi connectivity index (χ1v) is 9.03. The van der Waals surface area contributed by atoms with Gasteiger partial charge in [0.2, 0.25) is 0 Å². The molecule has 1 unspecified atom stereocenters. The largest absolute Gasteiger partial charge is 0.459 e. The van der Waals surface area contributed by atoms with E-state index >= 15 is 0 Å². The first-order valence-electron chi connectivity index (χ1n) is 8.26. The fourth-order valence-corrected chi connectivity index (χ4v) is 3.51. The molecule has 0 aliphatic carbocycles.